The highest BCUT2D eigenvalue weighted by Gasteiger charge is 2.63. The van der Waals surface area contributed by atoms with Crippen molar-refractivity contribution in [2.75, 3.05) is 38.4 Å². The third-order valence-electron chi connectivity index (χ3n) is 8.96. The summed E-state index contributed by atoms with van der Waals surface area (Å²) < 4.78 is 5.35. The van der Waals surface area contributed by atoms with Gasteiger partial charge in [-0.05, 0) is 68.6 Å². The van der Waals surface area contributed by atoms with Gasteiger partial charge in [0.1, 0.15) is 22.8 Å². The molecule has 238 valence electrons. The number of carbonyl (C=O) groups excluding carboxylic acids is 4. The Labute approximate surface area is 259 Å². The lowest BCUT2D eigenvalue weighted by Crippen LogP contribution is -2.63. The van der Waals surface area contributed by atoms with Crippen molar-refractivity contribution in [1.29, 1.82) is 0 Å². The number of amides is 2. The summed E-state index contributed by atoms with van der Waals surface area (Å²) in [5, 5.41) is 48.1. The Morgan fingerprint density at radius 3 is 2.29 bits per heavy atom. The first-order valence-corrected chi connectivity index (χ1v) is 14.4. The monoisotopic (exact) mass is 620 g/mol. The van der Waals surface area contributed by atoms with Crippen molar-refractivity contribution < 1.29 is 44.3 Å². The molecule has 0 saturated carbocycles. The van der Waals surface area contributed by atoms with Gasteiger partial charge in [-0.15, -0.1) is 0 Å². The zero-order valence-corrected chi connectivity index (χ0v) is 25.5. The Balaban J connectivity index is 1.60. The number of nitrogens with two attached hydrogens (primary N) is 1. The number of nitrogens with one attached hydrogen (secondary N) is 1. The predicted octanol–water partition coefficient (Wildman–Crippen LogP) is 2.36. The Bertz CT molecular complexity index is 1690. The first-order valence-electron chi connectivity index (χ1n) is 14.4. The van der Waals surface area contributed by atoms with Crippen LogP contribution in [-0.2, 0) is 22.4 Å². The Hall–Kier alpha value is -4.88. The number of benzene rings is 2. The average molecular weight is 621 g/mol. The molecule has 0 spiro atoms. The largest absolute Gasteiger partial charge is 0.510 e. The molecule has 4 atom stereocenters. The van der Waals surface area contributed by atoms with E-state index in [9.17, 15) is 39.6 Å². The van der Waals surface area contributed by atoms with E-state index in [-0.39, 0.29) is 35.4 Å². The normalized spacial score (nSPS) is 24.2. The van der Waals surface area contributed by atoms with E-state index in [2.05, 4.69) is 5.32 Å². The molecule has 2 amide bonds. The van der Waals surface area contributed by atoms with Crippen LogP contribution in [-0.4, -0.2) is 88.7 Å². The molecule has 0 radical (unpaired) electrons. The number of Topliss-reactive ketones (excluding diaryl/α,β-unsaturated/α-hetero) is 2. The number of fused-ring (bicyclic) bond motifs is 3. The quantitative estimate of drug-likeness (QED) is 0.204. The number of aliphatic hydroxyl groups is 3. The van der Waals surface area contributed by atoms with Gasteiger partial charge in [0.15, 0.2) is 17.1 Å². The van der Waals surface area contributed by atoms with E-state index in [0.717, 1.165) is 12.0 Å². The van der Waals surface area contributed by atoms with Gasteiger partial charge in [0.2, 0.25) is 5.78 Å². The van der Waals surface area contributed by atoms with Gasteiger partial charge >= 0.3 is 6.09 Å². The SMILES string of the molecule is CCc1ccc(OC(=O)Nc2cc(N(C)C)c3c(c2O)C(=O)C2=C(O)[C@]4(O)C(=O)C(C(N)=O)=C(O)[C@H](N(C)C)[C@@H]4C[C@@H]2C3)cc1. The first-order chi connectivity index (χ1) is 21.1. The van der Waals surface area contributed by atoms with Crippen LogP contribution in [0.2, 0.25) is 0 Å². The van der Waals surface area contributed by atoms with Gasteiger partial charge in [0.05, 0.1) is 17.3 Å². The van der Waals surface area contributed by atoms with Crippen molar-refractivity contribution in [1.82, 2.24) is 4.90 Å². The second-order valence-corrected chi connectivity index (χ2v) is 12.0. The van der Waals surface area contributed by atoms with Crippen molar-refractivity contribution in [3.05, 3.63) is 69.7 Å². The fraction of sp³-hybridized carbons (Fsp3) is 0.375. The van der Waals surface area contributed by atoms with Crippen molar-refractivity contribution in [3.8, 4) is 11.5 Å². The maximum absolute atomic E-state index is 14.1. The molecular formula is C32H36N4O9. The number of phenolic OH excluding ortho intramolecular Hbond substituents is 1. The number of likely N-dealkylation sites (N-methyl/N-ethyl adjacent to an activating group) is 1. The fourth-order valence-electron chi connectivity index (χ4n) is 6.83. The highest BCUT2D eigenvalue weighted by atomic mass is 16.6. The number of aliphatic hydroxyl groups excluding tert-OH is 2. The predicted molar refractivity (Wildman–Crippen MR) is 163 cm³/mol. The molecule has 3 aliphatic carbocycles. The first kappa shape index (κ1) is 31.5. The number of anilines is 2. The number of aryl methyl sites for hydroxylation is 1. The number of hydrogen-bond donors (Lipinski definition) is 6. The van der Waals surface area contributed by atoms with Gasteiger partial charge in [-0.2, -0.15) is 0 Å². The third kappa shape index (κ3) is 4.88. The van der Waals surface area contributed by atoms with Crippen LogP contribution in [0.5, 0.6) is 11.5 Å². The van der Waals surface area contributed by atoms with Crippen LogP contribution in [0.15, 0.2) is 53.0 Å². The summed E-state index contributed by atoms with van der Waals surface area (Å²) in [5.74, 6) is -7.29. The molecule has 2 aromatic rings. The minimum atomic E-state index is -2.75. The lowest BCUT2D eigenvalue weighted by molar-refractivity contribution is -0.148. The third-order valence-corrected chi connectivity index (χ3v) is 8.96. The molecule has 13 nitrogen and oxygen atoms in total. The van der Waals surface area contributed by atoms with Crippen LogP contribution < -0.4 is 20.7 Å². The molecular weight excluding hydrogens is 584 g/mol. The van der Waals surface area contributed by atoms with E-state index in [4.69, 9.17) is 10.5 Å². The molecule has 0 aromatic heterocycles. The Kier molecular flexibility index (Phi) is 7.88. The smallest absolute Gasteiger partial charge is 0.417 e. The van der Waals surface area contributed by atoms with Gasteiger partial charge in [-0.3, -0.25) is 24.6 Å². The highest BCUT2D eigenvalue weighted by Crippen LogP contribution is 2.54. The number of ether oxygens (including phenoxy) is 1. The molecule has 0 aliphatic heterocycles. The van der Waals surface area contributed by atoms with Crippen LogP contribution in [0.1, 0.15) is 34.8 Å². The topological polar surface area (TPSA) is 203 Å². The summed E-state index contributed by atoms with van der Waals surface area (Å²) in [7, 11) is 6.56. The van der Waals surface area contributed by atoms with Gasteiger partial charge in [-0.25, -0.2) is 4.79 Å². The number of primary amides is 1. The molecule has 0 fully saturated rings. The van der Waals surface area contributed by atoms with Crippen molar-refractivity contribution >= 4 is 34.9 Å². The number of nitrogens with zero attached hydrogens (tertiary/aromatic N) is 2. The fourth-order valence-corrected chi connectivity index (χ4v) is 6.83. The minimum absolute atomic E-state index is 0.0391. The molecule has 45 heavy (non-hydrogen) atoms. The molecule has 0 unspecified atom stereocenters. The van der Waals surface area contributed by atoms with Crippen molar-refractivity contribution in [2.24, 2.45) is 17.6 Å². The van der Waals surface area contributed by atoms with Gasteiger partial charge in [-0.1, -0.05) is 19.1 Å². The number of aromatic hydroxyl groups is 1. The number of ketones is 2. The summed E-state index contributed by atoms with van der Waals surface area (Å²) in [6.07, 6.45) is -0.0603. The molecule has 13 heteroatoms. The van der Waals surface area contributed by atoms with Crippen LogP contribution >= 0.6 is 0 Å². The molecule has 2 aromatic carbocycles. The Morgan fingerprint density at radius 2 is 1.73 bits per heavy atom. The lowest BCUT2D eigenvalue weighted by Gasteiger charge is -2.50. The average Bonchev–Trinajstić information content (AvgIpc) is 2.96. The van der Waals surface area contributed by atoms with Gasteiger partial charge in [0.25, 0.3) is 5.91 Å². The second-order valence-electron chi connectivity index (χ2n) is 12.0. The number of allylic oxidation sites excluding steroid dienone is 1. The van der Waals surface area contributed by atoms with Crippen LogP contribution in [0.3, 0.4) is 0 Å². The second kappa shape index (κ2) is 11.2. The summed E-state index contributed by atoms with van der Waals surface area (Å²) in [6.45, 7) is 1.99. The Morgan fingerprint density at radius 1 is 1.09 bits per heavy atom. The highest BCUT2D eigenvalue weighted by molar-refractivity contribution is 6.25. The standard InChI is InChI=1S/C32H36N4O9/c1-6-14-7-9-16(10-8-14)45-31(43)34-19-13-20(35(2)3)17-11-15-12-18-24(36(4)5)27(39)23(30(33)42)29(41)32(18,44)28(40)21(15)26(38)22(17)25(19)37/h7-10,13,15,18,24,37,39-40,44H,6,11-12H2,1-5H3,(H2,33,42)(H,34,43)/t15-,18-,24+,32-/m0/s1. The van der Waals surface area contributed by atoms with Crippen LogP contribution in [0.25, 0.3) is 0 Å². The summed E-state index contributed by atoms with van der Waals surface area (Å²) in [4.78, 5) is 55.8. The zero-order chi connectivity index (χ0) is 33.1. The van der Waals surface area contributed by atoms with Gasteiger partial charge < -0.3 is 35.8 Å². The maximum atomic E-state index is 14.1. The van der Waals surface area contributed by atoms with E-state index in [1.165, 1.54) is 11.0 Å². The zero-order valence-electron chi connectivity index (χ0n) is 25.5. The molecule has 7 N–H and O–H groups in total. The maximum Gasteiger partial charge on any atom is 0.417 e. The van der Waals surface area contributed by atoms with Crippen molar-refractivity contribution in [3.63, 3.8) is 0 Å². The number of rotatable bonds is 6. The molecule has 0 saturated heterocycles. The molecule has 5 rings (SSSR count). The molecule has 0 bridgehead atoms. The molecule has 3 aliphatic rings. The number of phenols is 1. The number of hydrogen-bond acceptors (Lipinski definition) is 11. The van der Waals surface area contributed by atoms with E-state index < -0.39 is 69.9 Å². The van der Waals surface area contributed by atoms with E-state index >= 15 is 0 Å². The van der Waals surface area contributed by atoms with Crippen molar-refractivity contribution in [2.45, 2.75) is 37.8 Å². The lowest BCUT2D eigenvalue weighted by atomic mass is 9.58. The van der Waals surface area contributed by atoms with Crippen LogP contribution in [0.4, 0.5) is 16.2 Å². The van der Waals surface area contributed by atoms with E-state index in [1.54, 1.807) is 45.2 Å². The van der Waals surface area contributed by atoms with E-state index in [0.29, 0.717) is 11.3 Å². The minimum Gasteiger partial charge on any atom is -0.510 e. The van der Waals surface area contributed by atoms with E-state index in [1.807, 2.05) is 19.1 Å². The summed E-state index contributed by atoms with van der Waals surface area (Å²) >= 11 is 0. The summed E-state index contributed by atoms with van der Waals surface area (Å²) in [5.41, 5.74) is 3.04. The van der Waals surface area contributed by atoms with Gasteiger partial charge in [0, 0.05) is 31.3 Å². The summed E-state index contributed by atoms with van der Waals surface area (Å²) in [6, 6.07) is 7.28. The van der Waals surface area contributed by atoms with Crippen LogP contribution in [0, 0.1) is 11.8 Å². The number of carbonyl (C=O) groups is 4. The molecule has 0 heterocycles.